The molecule has 7 rings (SSSR count). The molecule has 0 bridgehead atoms. The van der Waals surface area contributed by atoms with Crippen molar-refractivity contribution >= 4 is 40.1 Å². The van der Waals surface area contributed by atoms with Crippen LogP contribution in [0.25, 0.3) is 10.9 Å². The summed E-state index contributed by atoms with van der Waals surface area (Å²) in [5.74, 6) is -0.425. The predicted molar refractivity (Wildman–Crippen MR) is 181 cm³/mol. The number of amides is 4. The van der Waals surface area contributed by atoms with E-state index in [0.29, 0.717) is 39.1 Å². The van der Waals surface area contributed by atoms with E-state index in [0.717, 1.165) is 71.3 Å². The van der Waals surface area contributed by atoms with E-state index < -0.39 is 5.92 Å². The average Bonchev–Trinajstić information content (AvgIpc) is 3.52. The molecule has 0 spiro atoms. The van der Waals surface area contributed by atoms with Crippen molar-refractivity contribution in [3.63, 3.8) is 0 Å². The Bertz CT molecular complexity index is 1740. The lowest BCUT2D eigenvalue weighted by atomic mass is 9.91. The Morgan fingerprint density at radius 3 is 2.49 bits per heavy atom. The number of hydrogen-bond acceptors (Lipinski definition) is 6. The molecule has 47 heavy (non-hydrogen) atoms. The van der Waals surface area contributed by atoms with E-state index in [-0.39, 0.29) is 30.3 Å². The molecule has 5 heterocycles. The lowest BCUT2D eigenvalue weighted by molar-refractivity contribution is -0.142. The Kier molecular flexibility index (Phi) is 8.78. The minimum absolute atomic E-state index is 0.00561. The topological polar surface area (TPSA) is 118 Å². The van der Waals surface area contributed by atoms with Gasteiger partial charge >= 0.3 is 6.03 Å². The molecule has 0 radical (unpaired) electrons. The van der Waals surface area contributed by atoms with Crippen LogP contribution in [0, 0.1) is 12.8 Å². The smallest absolute Gasteiger partial charge is 0.322 e. The first-order valence-corrected chi connectivity index (χ1v) is 16.7. The molecule has 0 saturated carbocycles. The number of hydrogen-bond donors (Lipinski definition) is 2. The molecule has 0 aliphatic carbocycles. The lowest BCUT2D eigenvalue weighted by Crippen LogP contribution is -2.52. The van der Waals surface area contributed by atoms with Crippen molar-refractivity contribution in [2.45, 2.75) is 45.1 Å². The third-order valence-corrected chi connectivity index (χ3v) is 10.1. The average molecular weight is 635 g/mol. The molecule has 4 aromatic rings. The number of likely N-dealkylation sites (tertiary alicyclic amines) is 1. The van der Waals surface area contributed by atoms with Crippen LogP contribution in [0.15, 0.2) is 67.1 Å². The highest BCUT2D eigenvalue weighted by atomic mass is 16.2. The molecule has 11 heteroatoms. The Morgan fingerprint density at radius 2 is 1.70 bits per heavy atom. The number of aromatic nitrogens is 3. The van der Waals surface area contributed by atoms with E-state index >= 15 is 0 Å². The summed E-state index contributed by atoms with van der Waals surface area (Å²) >= 11 is 0. The van der Waals surface area contributed by atoms with Gasteiger partial charge in [-0.2, -0.15) is 5.10 Å². The van der Waals surface area contributed by atoms with Gasteiger partial charge in [0.2, 0.25) is 11.8 Å². The summed E-state index contributed by atoms with van der Waals surface area (Å²) in [4.78, 5) is 53.3. The molecule has 1 atom stereocenters. The SMILES string of the molecule is Cc1cc(CC(CC(=O)N2CCC(N3CCc4ccccc4NC3=O)CC2)C(=O)N2CCN(c3ccncc3)CC2)cc2cn[nH]c12. The summed E-state index contributed by atoms with van der Waals surface area (Å²) in [7, 11) is 0. The van der Waals surface area contributed by atoms with E-state index in [1.54, 1.807) is 18.6 Å². The number of H-pyrrole nitrogens is 1. The van der Waals surface area contributed by atoms with Crippen molar-refractivity contribution in [1.82, 2.24) is 29.9 Å². The minimum Gasteiger partial charge on any atom is -0.368 e. The number of nitrogens with one attached hydrogen (secondary N) is 2. The standard InChI is InChI=1S/C36H42N8O3/c1-25-20-26(22-29-24-38-40-34(25)29)21-28(35(46)43-18-16-41(17-19-43)30-6-11-37-12-7-30)23-33(45)42-13-9-31(10-14-42)44-15-8-27-4-2-3-5-32(27)39-36(44)47/h2-7,11-12,20,22,24,28,31H,8-10,13-19,21,23H2,1H3,(H,38,40)(H,39,47). The first-order chi connectivity index (χ1) is 22.9. The van der Waals surface area contributed by atoms with E-state index in [9.17, 15) is 14.4 Å². The molecule has 3 aliphatic rings. The van der Waals surface area contributed by atoms with Crippen LogP contribution in [0.5, 0.6) is 0 Å². The van der Waals surface area contributed by atoms with Crippen molar-refractivity contribution in [1.29, 1.82) is 0 Å². The van der Waals surface area contributed by atoms with E-state index in [1.807, 2.05) is 52.0 Å². The fourth-order valence-electron chi connectivity index (χ4n) is 7.46. The van der Waals surface area contributed by atoms with Crippen molar-refractivity contribution in [3.05, 3.63) is 83.8 Å². The number of aromatic amines is 1. The van der Waals surface area contributed by atoms with E-state index in [4.69, 9.17) is 0 Å². The van der Waals surface area contributed by atoms with Gasteiger partial charge in [0, 0.05) is 87.4 Å². The molecule has 2 fully saturated rings. The number of urea groups is 1. The summed E-state index contributed by atoms with van der Waals surface area (Å²) in [5, 5.41) is 11.3. The maximum atomic E-state index is 14.1. The summed E-state index contributed by atoms with van der Waals surface area (Å²) in [6, 6.07) is 16.1. The number of piperazine rings is 1. The van der Waals surface area contributed by atoms with Gasteiger partial charge in [0.1, 0.15) is 0 Å². The maximum absolute atomic E-state index is 14.1. The van der Waals surface area contributed by atoms with Crippen LogP contribution in [0.3, 0.4) is 0 Å². The Labute approximate surface area is 274 Å². The molecule has 2 aromatic heterocycles. The van der Waals surface area contributed by atoms with Crippen molar-refractivity contribution in [2.24, 2.45) is 5.92 Å². The van der Waals surface area contributed by atoms with Crippen molar-refractivity contribution in [2.75, 3.05) is 56.0 Å². The van der Waals surface area contributed by atoms with E-state index in [1.165, 1.54) is 0 Å². The van der Waals surface area contributed by atoms with Crippen LogP contribution in [0.2, 0.25) is 0 Å². The van der Waals surface area contributed by atoms with Gasteiger partial charge < -0.3 is 24.9 Å². The highest BCUT2D eigenvalue weighted by molar-refractivity contribution is 5.91. The fraction of sp³-hybridized carbons (Fsp3) is 0.417. The van der Waals surface area contributed by atoms with Gasteiger partial charge in [-0.25, -0.2) is 4.79 Å². The number of carbonyl (C=O) groups is 3. The number of aryl methyl sites for hydroxylation is 1. The minimum atomic E-state index is -0.466. The number of benzene rings is 2. The number of nitrogens with zero attached hydrogens (tertiary/aromatic N) is 6. The zero-order chi connectivity index (χ0) is 32.3. The lowest BCUT2D eigenvalue weighted by Gasteiger charge is -2.39. The molecule has 2 aromatic carbocycles. The summed E-state index contributed by atoms with van der Waals surface area (Å²) in [6.45, 7) is 6.54. The second kappa shape index (κ2) is 13.4. The third kappa shape index (κ3) is 6.65. The summed E-state index contributed by atoms with van der Waals surface area (Å²) in [6.07, 6.45) is 8.29. The number of carbonyl (C=O) groups excluding carboxylic acids is 3. The number of fused-ring (bicyclic) bond motifs is 2. The quantitative estimate of drug-likeness (QED) is 0.314. The largest absolute Gasteiger partial charge is 0.368 e. The maximum Gasteiger partial charge on any atom is 0.322 e. The molecule has 244 valence electrons. The molecular formula is C36H42N8O3. The number of anilines is 2. The zero-order valence-corrected chi connectivity index (χ0v) is 26.9. The normalized spacial score (nSPS) is 18.1. The Balaban J connectivity index is 1.01. The molecule has 2 saturated heterocycles. The van der Waals surface area contributed by atoms with Crippen molar-refractivity contribution in [3.8, 4) is 0 Å². The van der Waals surface area contributed by atoms with Gasteiger partial charge in [-0.3, -0.25) is 19.7 Å². The Morgan fingerprint density at radius 1 is 0.936 bits per heavy atom. The van der Waals surface area contributed by atoms with Crippen LogP contribution in [-0.4, -0.2) is 99.6 Å². The summed E-state index contributed by atoms with van der Waals surface area (Å²) < 4.78 is 0. The first kappa shape index (κ1) is 30.7. The van der Waals surface area contributed by atoms with Gasteiger partial charge in [0.15, 0.2) is 0 Å². The fourth-order valence-corrected chi connectivity index (χ4v) is 7.46. The molecule has 11 nitrogen and oxygen atoms in total. The van der Waals surface area contributed by atoms with Crippen LogP contribution in [0.1, 0.15) is 36.0 Å². The van der Waals surface area contributed by atoms with Crippen LogP contribution >= 0.6 is 0 Å². The third-order valence-electron chi connectivity index (χ3n) is 10.1. The number of rotatable bonds is 7. The number of pyridine rings is 1. The summed E-state index contributed by atoms with van der Waals surface area (Å²) in [5.41, 5.74) is 6.22. The molecular weight excluding hydrogens is 592 g/mol. The monoisotopic (exact) mass is 634 g/mol. The first-order valence-electron chi connectivity index (χ1n) is 16.7. The molecule has 2 N–H and O–H groups in total. The van der Waals surface area contributed by atoms with Gasteiger partial charge in [-0.1, -0.05) is 24.3 Å². The Hall–Kier alpha value is -4.93. The van der Waals surface area contributed by atoms with Crippen LogP contribution in [0.4, 0.5) is 16.2 Å². The molecule has 1 unspecified atom stereocenters. The van der Waals surface area contributed by atoms with Gasteiger partial charge in [0.05, 0.1) is 17.6 Å². The molecule has 4 amide bonds. The second-order valence-electron chi connectivity index (χ2n) is 13.0. The zero-order valence-electron chi connectivity index (χ0n) is 26.9. The van der Waals surface area contributed by atoms with E-state index in [2.05, 4.69) is 43.6 Å². The van der Waals surface area contributed by atoms with Crippen LogP contribution < -0.4 is 10.2 Å². The van der Waals surface area contributed by atoms with Gasteiger partial charge in [-0.15, -0.1) is 0 Å². The predicted octanol–water partition coefficient (Wildman–Crippen LogP) is 4.25. The highest BCUT2D eigenvalue weighted by Gasteiger charge is 2.34. The van der Waals surface area contributed by atoms with Gasteiger partial charge in [-0.05, 0) is 73.6 Å². The number of para-hydroxylation sites is 1. The highest BCUT2D eigenvalue weighted by Crippen LogP contribution is 2.27. The van der Waals surface area contributed by atoms with Crippen LogP contribution in [-0.2, 0) is 22.4 Å². The second-order valence-corrected chi connectivity index (χ2v) is 13.0. The molecule has 3 aliphatic heterocycles. The number of piperidine rings is 1. The van der Waals surface area contributed by atoms with Crippen molar-refractivity contribution < 1.29 is 14.4 Å². The van der Waals surface area contributed by atoms with Gasteiger partial charge in [0.25, 0.3) is 0 Å².